The molecule has 3 aromatic rings. The van der Waals surface area contributed by atoms with E-state index < -0.39 is 0 Å². The largest absolute Gasteiger partial charge is 0.342 e. The molecular weight excluding hydrogens is 429 g/mol. The molecule has 2 aliphatic rings. The van der Waals surface area contributed by atoms with Crippen LogP contribution in [0.3, 0.4) is 0 Å². The predicted molar refractivity (Wildman–Crippen MR) is 102 cm³/mol. The Morgan fingerprint density at radius 1 is 1.08 bits per heavy atom. The Morgan fingerprint density at radius 2 is 1.88 bits per heavy atom. The third-order valence-electron chi connectivity index (χ3n) is 5.69. The summed E-state index contributed by atoms with van der Waals surface area (Å²) in [7, 11) is 0. The first-order valence-corrected chi connectivity index (χ1v) is 9.54. The first-order chi connectivity index (χ1) is 12.2. The van der Waals surface area contributed by atoms with Gasteiger partial charge in [-0.2, -0.15) is 0 Å². The van der Waals surface area contributed by atoms with Crippen LogP contribution >= 0.6 is 22.6 Å². The van der Waals surface area contributed by atoms with Crippen LogP contribution in [0, 0.1) is 8.99 Å². The third kappa shape index (κ3) is 2.27. The highest BCUT2D eigenvalue weighted by Gasteiger charge is 2.47. The van der Waals surface area contributed by atoms with Crippen LogP contribution in [0.5, 0.6) is 0 Å². The maximum atomic E-state index is 6.58. The number of rotatable bonds is 1. The van der Waals surface area contributed by atoms with Gasteiger partial charge in [-0.3, -0.25) is 14.4 Å². The molecule has 8 heteroatoms. The Labute approximate surface area is 158 Å². The summed E-state index contributed by atoms with van der Waals surface area (Å²) in [4.78, 5) is 20.4. The van der Waals surface area contributed by atoms with E-state index in [0.29, 0.717) is 0 Å². The average molecular weight is 447 g/mol. The zero-order valence-electron chi connectivity index (χ0n) is 13.6. The molecule has 3 aromatic heterocycles. The zero-order valence-corrected chi connectivity index (χ0v) is 15.8. The van der Waals surface area contributed by atoms with Crippen molar-refractivity contribution in [1.82, 2.24) is 24.3 Å². The van der Waals surface area contributed by atoms with Crippen molar-refractivity contribution >= 4 is 34.2 Å². The van der Waals surface area contributed by atoms with Gasteiger partial charge in [0.2, 0.25) is 5.95 Å². The standard InChI is InChI=1S/C17H18IN7/c18-11-10-23-16(25-8-5-22-15(11)25)24-6-1-17(2-7-24)9-12-13(14(17)19)21-4-3-20-12/h3-5,8,10,14H,1-2,6-7,9,19H2/t14-/m1/s1. The molecule has 4 heterocycles. The number of aromatic nitrogens is 5. The summed E-state index contributed by atoms with van der Waals surface area (Å²) in [5, 5.41) is 0. The predicted octanol–water partition coefficient (Wildman–Crippen LogP) is 1.97. The fourth-order valence-electron chi connectivity index (χ4n) is 4.26. The molecule has 1 aliphatic carbocycles. The minimum atomic E-state index is -0.0173. The van der Waals surface area contributed by atoms with Crippen LogP contribution in [0.1, 0.15) is 30.3 Å². The first kappa shape index (κ1) is 15.4. The smallest absolute Gasteiger partial charge is 0.211 e. The van der Waals surface area contributed by atoms with Gasteiger partial charge >= 0.3 is 0 Å². The fourth-order valence-corrected chi connectivity index (χ4v) is 4.80. The van der Waals surface area contributed by atoms with E-state index >= 15 is 0 Å². The van der Waals surface area contributed by atoms with E-state index in [1.54, 1.807) is 12.4 Å². The number of hydrogen-bond acceptors (Lipinski definition) is 6. The van der Waals surface area contributed by atoms with Gasteiger partial charge in [-0.15, -0.1) is 0 Å². The molecule has 0 amide bonds. The number of anilines is 1. The van der Waals surface area contributed by atoms with Crippen LogP contribution < -0.4 is 10.6 Å². The Balaban J connectivity index is 1.42. The van der Waals surface area contributed by atoms with Crippen molar-refractivity contribution in [3.63, 3.8) is 0 Å². The lowest BCUT2D eigenvalue weighted by molar-refractivity contribution is 0.184. The molecule has 0 unspecified atom stereocenters. The molecule has 1 spiro atoms. The molecule has 2 N–H and O–H groups in total. The number of imidazole rings is 1. The lowest BCUT2D eigenvalue weighted by Gasteiger charge is -2.42. The lowest BCUT2D eigenvalue weighted by Crippen LogP contribution is -2.45. The molecule has 25 heavy (non-hydrogen) atoms. The van der Waals surface area contributed by atoms with E-state index in [0.717, 1.165) is 58.9 Å². The molecule has 1 saturated heterocycles. The van der Waals surface area contributed by atoms with Crippen LogP contribution in [0.2, 0.25) is 0 Å². The number of hydrogen-bond donors (Lipinski definition) is 1. The van der Waals surface area contributed by atoms with E-state index in [1.807, 2.05) is 18.6 Å². The molecule has 0 aromatic carbocycles. The van der Waals surface area contributed by atoms with Crippen molar-refractivity contribution in [2.45, 2.75) is 25.3 Å². The topological polar surface area (TPSA) is 85.2 Å². The number of halogens is 1. The molecule has 0 saturated carbocycles. The van der Waals surface area contributed by atoms with Gasteiger partial charge in [0.1, 0.15) is 0 Å². The number of piperidine rings is 1. The van der Waals surface area contributed by atoms with Crippen molar-refractivity contribution in [3.8, 4) is 0 Å². The molecule has 128 valence electrons. The Kier molecular flexibility index (Phi) is 3.46. The minimum absolute atomic E-state index is 0.0173. The molecule has 1 fully saturated rings. The van der Waals surface area contributed by atoms with Gasteiger partial charge in [-0.1, -0.05) is 0 Å². The summed E-state index contributed by atoms with van der Waals surface area (Å²) < 4.78 is 3.14. The van der Waals surface area contributed by atoms with E-state index in [4.69, 9.17) is 5.73 Å². The summed E-state index contributed by atoms with van der Waals surface area (Å²) in [6, 6.07) is -0.0173. The fraction of sp³-hybridized carbons (Fsp3) is 0.412. The second-order valence-electron chi connectivity index (χ2n) is 6.92. The molecule has 5 rings (SSSR count). The van der Waals surface area contributed by atoms with Gasteiger partial charge in [0.25, 0.3) is 0 Å². The first-order valence-electron chi connectivity index (χ1n) is 8.46. The third-order valence-corrected chi connectivity index (χ3v) is 6.45. The highest BCUT2D eigenvalue weighted by Crippen LogP contribution is 2.49. The SMILES string of the molecule is N[C@@H]1c2nccnc2CC12CCN(c1ncc(I)c3nccn13)CC2. The number of fused-ring (bicyclic) bond motifs is 2. The van der Waals surface area contributed by atoms with Crippen LogP contribution in [0.25, 0.3) is 5.65 Å². The van der Waals surface area contributed by atoms with Crippen molar-refractivity contribution < 1.29 is 0 Å². The van der Waals surface area contributed by atoms with Crippen molar-refractivity contribution in [2.75, 3.05) is 18.0 Å². The average Bonchev–Trinajstić information content (AvgIpc) is 3.22. The minimum Gasteiger partial charge on any atom is -0.342 e. The van der Waals surface area contributed by atoms with E-state index in [2.05, 4.69) is 51.8 Å². The van der Waals surface area contributed by atoms with Crippen LogP contribution in [0.4, 0.5) is 5.95 Å². The molecule has 0 radical (unpaired) electrons. The highest BCUT2D eigenvalue weighted by atomic mass is 127. The molecule has 1 aliphatic heterocycles. The van der Waals surface area contributed by atoms with Crippen molar-refractivity contribution in [3.05, 3.63) is 45.9 Å². The maximum Gasteiger partial charge on any atom is 0.211 e. The van der Waals surface area contributed by atoms with Crippen LogP contribution in [0.15, 0.2) is 31.0 Å². The normalized spacial score (nSPS) is 21.8. The van der Waals surface area contributed by atoms with E-state index in [-0.39, 0.29) is 11.5 Å². The lowest BCUT2D eigenvalue weighted by atomic mass is 9.73. The van der Waals surface area contributed by atoms with Gasteiger partial charge < -0.3 is 10.6 Å². The molecular formula is C17H18IN7. The summed E-state index contributed by atoms with van der Waals surface area (Å²) in [5.41, 5.74) is 9.69. The summed E-state index contributed by atoms with van der Waals surface area (Å²) in [6.07, 6.45) is 12.2. The van der Waals surface area contributed by atoms with Gasteiger partial charge in [0.05, 0.1) is 21.0 Å². The Hall–Kier alpha value is -1.81. The van der Waals surface area contributed by atoms with Crippen LogP contribution in [-0.2, 0) is 6.42 Å². The molecule has 1 atom stereocenters. The summed E-state index contributed by atoms with van der Waals surface area (Å²) in [6.45, 7) is 1.87. The van der Waals surface area contributed by atoms with Gasteiger partial charge in [0.15, 0.2) is 5.65 Å². The number of nitrogens with zero attached hydrogens (tertiary/aromatic N) is 6. The maximum absolute atomic E-state index is 6.58. The Bertz CT molecular complexity index is 945. The van der Waals surface area contributed by atoms with Crippen LogP contribution in [-0.4, -0.2) is 37.4 Å². The van der Waals surface area contributed by atoms with E-state index in [1.165, 1.54) is 0 Å². The summed E-state index contributed by atoms with van der Waals surface area (Å²) in [5.74, 6) is 0.961. The Morgan fingerprint density at radius 3 is 2.68 bits per heavy atom. The van der Waals surface area contributed by atoms with Gasteiger partial charge in [-0.25, -0.2) is 9.97 Å². The second-order valence-corrected chi connectivity index (χ2v) is 8.08. The molecule has 0 bridgehead atoms. The highest BCUT2D eigenvalue weighted by molar-refractivity contribution is 14.1. The van der Waals surface area contributed by atoms with Crippen molar-refractivity contribution in [1.29, 1.82) is 0 Å². The number of nitrogens with two attached hydrogens (primary N) is 1. The zero-order chi connectivity index (χ0) is 17.0. The van der Waals surface area contributed by atoms with Gasteiger partial charge in [-0.05, 0) is 41.9 Å². The van der Waals surface area contributed by atoms with Crippen molar-refractivity contribution in [2.24, 2.45) is 11.1 Å². The van der Waals surface area contributed by atoms with Gasteiger partial charge in [0, 0.05) is 49.5 Å². The quantitative estimate of drug-likeness (QED) is 0.575. The second kappa shape index (κ2) is 5.60. The molecule has 7 nitrogen and oxygen atoms in total. The van der Waals surface area contributed by atoms with E-state index in [9.17, 15) is 0 Å². The monoisotopic (exact) mass is 447 g/mol. The summed E-state index contributed by atoms with van der Waals surface area (Å²) >= 11 is 2.28.